The molecule has 3 nitrogen and oxygen atoms in total. The van der Waals surface area contributed by atoms with E-state index in [-0.39, 0.29) is 18.6 Å². The van der Waals surface area contributed by atoms with E-state index in [4.69, 9.17) is 16.7 Å². The van der Waals surface area contributed by atoms with Crippen molar-refractivity contribution in [1.29, 1.82) is 0 Å². The summed E-state index contributed by atoms with van der Waals surface area (Å²) in [4.78, 5) is 2.23. The van der Waals surface area contributed by atoms with Crippen molar-refractivity contribution in [2.45, 2.75) is 26.1 Å². The van der Waals surface area contributed by atoms with Crippen molar-refractivity contribution >= 4 is 17.3 Å². The van der Waals surface area contributed by atoms with Gasteiger partial charge >= 0.3 is 0 Å². The van der Waals surface area contributed by atoms with E-state index < -0.39 is 0 Å². The van der Waals surface area contributed by atoms with E-state index in [0.29, 0.717) is 5.02 Å². The summed E-state index contributed by atoms with van der Waals surface area (Å²) in [6, 6.07) is 5.72. The van der Waals surface area contributed by atoms with E-state index in [1.165, 1.54) is 0 Å². The second-order valence-corrected chi connectivity index (χ2v) is 5.12. The molecule has 0 amide bonds. The molecule has 0 aromatic heterocycles. The van der Waals surface area contributed by atoms with E-state index in [1.54, 1.807) is 0 Å². The highest BCUT2D eigenvalue weighted by atomic mass is 35.5. The number of aliphatic hydroxyl groups is 2. The van der Waals surface area contributed by atoms with Gasteiger partial charge in [-0.3, -0.25) is 0 Å². The predicted molar refractivity (Wildman–Crippen MR) is 69.4 cm³/mol. The maximum absolute atomic E-state index is 9.69. The highest BCUT2D eigenvalue weighted by molar-refractivity contribution is 6.31. The van der Waals surface area contributed by atoms with Gasteiger partial charge < -0.3 is 15.1 Å². The SMILES string of the molecule is CC1CN(c2ccc(CO)c(Cl)c2)CCC1O. The molecule has 0 bridgehead atoms. The van der Waals surface area contributed by atoms with Crippen molar-refractivity contribution in [2.24, 2.45) is 5.92 Å². The third-order valence-electron chi connectivity index (χ3n) is 3.43. The molecule has 1 fully saturated rings. The minimum atomic E-state index is -0.196. The number of hydrogen-bond acceptors (Lipinski definition) is 3. The van der Waals surface area contributed by atoms with Crippen molar-refractivity contribution in [3.05, 3.63) is 28.8 Å². The molecule has 2 rings (SSSR count). The van der Waals surface area contributed by atoms with E-state index in [1.807, 2.05) is 18.2 Å². The summed E-state index contributed by atoms with van der Waals surface area (Å²) in [6.45, 7) is 3.71. The van der Waals surface area contributed by atoms with Crippen LogP contribution in [0.25, 0.3) is 0 Å². The first kappa shape index (κ1) is 12.7. The Balaban J connectivity index is 2.15. The number of rotatable bonds is 2. The Morgan fingerprint density at radius 2 is 2.24 bits per heavy atom. The number of aliphatic hydroxyl groups excluding tert-OH is 2. The lowest BCUT2D eigenvalue weighted by Crippen LogP contribution is -2.41. The van der Waals surface area contributed by atoms with Crippen molar-refractivity contribution in [3.8, 4) is 0 Å². The number of nitrogens with zero attached hydrogens (tertiary/aromatic N) is 1. The van der Waals surface area contributed by atoms with Gasteiger partial charge in [-0.2, -0.15) is 0 Å². The maximum Gasteiger partial charge on any atom is 0.0696 e. The molecule has 1 saturated heterocycles. The zero-order valence-corrected chi connectivity index (χ0v) is 10.7. The molecule has 0 aliphatic carbocycles. The van der Waals surface area contributed by atoms with Gasteiger partial charge in [-0.15, -0.1) is 0 Å². The zero-order chi connectivity index (χ0) is 12.4. The van der Waals surface area contributed by atoms with E-state index >= 15 is 0 Å². The van der Waals surface area contributed by atoms with Gasteiger partial charge in [0, 0.05) is 23.8 Å². The highest BCUT2D eigenvalue weighted by Gasteiger charge is 2.24. The first-order chi connectivity index (χ1) is 8.11. The molecule has 1 aliphatic rings. The summed E-state index contributed by atoms with van der Waals surface area (Å²) < 4.78 is 0. The molecule has 1 heterocycles. The minimum Gasteiger partial charge on any atom is -0.393 e. The summed E-state index contributed by atoms with van der Waals surface area (Å²) in [5, 5.41) is 19.4. The molecular weight excluding hydrogens is 238 g/mol. The molecule has 1 aromatic rings. The van der Waals surface area contributed by atoms with Crippen molar-refractivity contribution < 1.29 is 10.2 Å². The van der Waals surface area contributed by atoms with Crippen LogP contribution in [0.1, 0.15) is 18.9 Å². The Morgan fingerprint density at radius 1 is 1.47 bits per heavy atom. The van der Waals surface area contributed by atoms with E-state index in [9.17, 15) is 5.11 Å². The van der Waals surface area contributed by atoms with Gasteiger partial charge in [0.1, 0.15) is 0 Å². The van der Waals surface area contributed by atoms with E-state index in [2.05, 4.69) is 11.8 Å². The number of anilines is 1. The second kappa shape index (κ2) is 5.25. The fraction of sp³-hybridized carbons (Fsp3) is 0.538. The van der Waals surface area contributed by atoms with Gasteiger partial charge in [0.15, 0.2) is 0 Å². The van der Waals surface area contributed by atoms with Crippen LogP contribution in [0.5, 0.6) is 0 Å². The first-order valence-corrected chi connectivity index (χ1v) is 6.32. The van der Waals surface area contributed by atoms with Crippen LogP contribution in [-0.4, -0.2) is 29.4 Å². The van der Waals surface area contributed by atoms with Crippen LogP contribution in [0.15, 0.2) is 18.2 Å². The van der Waals surface area contributed by atoms with Crippen LogP contribution in [0.4, 0.5) is 5.69 Å². The Hall–Kier alpha value is -0.770. The fourth-order valence-corrected chi connectivity index (χ4v) is 2.46. The number of piperidine rings is 1. The van der Waals surface area contributed by atoms with Gasteiger partial charge in [0.2, 0.25) is 0 Å². The number of benzene rings is 1. The van der Waals surface area contributed by atoms with Gasteiger partial charge in [-0.05, 0) is 30.0 Å². The Morgan fingerprint density at radius 3 is 2.82 bits per heavy atom. The lowest BCUT2D eigenvalue weighted by Gasteiger charge is -2.36. The smallest absolute Gasteiger partial charge is 0.0696 e. The molecule has 1 aliphatic heterocycles. The summed E-state index contributed by atoms with van der Waals surface area (Å²) in [5.74, 6) is 0.278. The summed E-state index contributed by atoms with van der Waals surface area (Å²) in [7, 11) is 0. The molecule has 1 aromatic carbocycles. The van der Waals surface area contributed by atoms with Crippen molar-refractivity contribution in [3.63, 3.8) is 0 Å². The Kier molecular flexibility index (Phi) is 3.92. The summed E-state index contributed by atoms with van der Waals surface area (Å²) in [5.41, 5.74) is 1.81. The molecule has 0 spiro atoms. The fourth-order valence-electron chi connectivity index (χ4n) is 2.23. The quantitative estimate of drug-likeness (QED) is 0.850. The Bertz CT molecular complexity index is 397. The Labute approximate surface area is 107 Å². The third-order valence-corrected chi connectivity index (χ3v) is 3.78. The van der Waals surface area contributed by atoms with Crippen LogP contribution in [-0.2, 0) is 6.61 Å². The van der Waals surface area contributed by atoms with Crippen LogP contribution >= 0.6 is 11.6 Å². The number of halogens is 1. The molecular formula is C13H18ClNO2. The van der Waals surface area contributed by atoms with Gasteiger partial charge in [0.25, 0.3) is 0 Å². The summed E-state index contributed by atoms with van der Waals surface area (Å²) in [6.07, 6.45) is 0.596. The largest absolute Gasteiger partial charge is 0.393 e. The molecule has 17 heavy (non-hydrogen) atoms. The second-order valence-electron chi connectivity index (χ2n) is 4.71. The van der Waals surface area contributed by atoms with Gasteiger partial charge in [-0.25, -0.2) is 0 Å². The molecule has 0 radical (unpaired) electrons. The average Bonchev–Trinajstić information content (AvgIpc) is 2.32. The lowest BCUT2D eigenvalue weighted by molar-refractivity contribution is 0.0971. The normalized spacial score (nSPS) is 25.1. The van der Waals surface area contributed by atoms with E-state index in [0.717, 1.165) is 30.8 Å². The topological polar surface area (TPSA) is 43.7 Å². The van der Waals surface area contributed by atoms with Crippen LogP contribution in [0, 0.1) is 5.92 Å². The molecule has 2 N–H and O–H groups in total. The average molecular weight is 256 g/mol. The van der Waals surface area contributed by atoms with Crippen LogP contribution in [0.2, 0.25) is 5.02 Å². The van der Waals surface area contributed by atoms with Crippen molar-refractivity contribution in [2.75, 3.05) is 18.0 Å². The third kappa shape index (κ3) is 2.73. The number of hydrogen-bond donors (Lipinski definition) is 2. The monoisotopic (exact) mass is 255 g/mol. The first-order valence-electron chi connectivity index (χ1n) is 5.94. The standard InChI is InChI=1S/C13H18ClNO2/c1-9-7-15(5-4-13(9)17)11-3-2-10(8-16)12(14)6-11/h2-3,6,9,13,16-17H,4-5,7-8H2,1H3. The highest BCUT2D eigenvalue weighted by Crippen LogP contribution is 2.27. The lowest BCUT2D eigenvalue weighted by atomic mass is 9.96. The summed E-state index contributed by atoms with van der Waals surface area (Å²) >= 11 is 6.08. The van der Waals surface area contributed by atoms with Crippen molar-refractivity contribution in [1.82, 2.24) is 0 Å². The zero-order valence-electron chi connectivity index (χ0n) is 9.93. The minimum absolute atomic E-state index is 0.0335. The van der Waals surface area contributed by atoms with Crippen LogP contribution < -0.4 is 4.90 Å². The molecule has 0 saturated carbocycles. The van der Waals surface area contributed by atoms with Crippen LogP contribution in [0.3, 0.4) is 0 Å². The molecule has 4 heteroatoms. The maximum atomic E-state index is 9.69. The van der Waals surface area contributed by atoms with Gasteiger partial charge in [0.05, 0.1) is 12.7 Å². The van der Waals surface area contributed by atoms with Gasteiger partial charge in [-0.1, -0.05) is 24.6 Å². The molecule has 2 atom stereocenters. The molecule has 94 valence electrons. The molecule has 2 unspecified atom stereocenters. The predicted octanol–water partition coefficient (Wildman–Crippen LogP) is 2.04.